The summed E-state index contributed by atoms with van der Waals surface area (Å²) in [5.74, 6) is 0.384. The molecule has 144 valence electrons. The van der Waals surface area contributed by atoms with E-state index in [0.717, 1.165) is 31.9 Å². The van der Waals surface area contributed by atoms with Gasteiger partial charge in [-0.2, -0.15) is 0 Å². The summed E-state index contributed by atoms with van der Waals surface area (Å²) in [6, 6.07) is 9.98. The monoisotopic (exact) mass is 369 g/mol. The lowest BCUT2D eigenvalue weighted by Gasteiger charge is -2.29. The number of nitrogens with zero attached hydrogens (tertiary/aromatic N) is 3. The quantitative estimate of drug-likeness (QED) is 0.589. The van der Waals surface area contributed by atoms with Crippen LogP contribution in [0.4, 0.5) is 22.9 Å². The minimum Gasteiger partial charge on any atom is -0.383 e. The van der Waals surface area contributed by atoms with E-state index in [9.17, 15) is 4.79 Å². The summed E-state index contributed by atoms with van der Waals surface area (Å²) in [4.78, 5) is 13.9. The Labute approximate surface area is 159 Å². The predicted octanol–water partition coefficient (Wildman–Crippen LogP) is 1.80. The van der Waals surface area contributed by atoms with E-state index in [1.807, 2.05) is 12.1 Å². The smallest absolute Gasteiger partial charge is 0.271 e. The van der Waals surface area contributed by atoms with Crippen LogP contribution < -0.4 is 26.6 Å². The van der Waals surface area contributed by atoms with Crippen LogP contribution in [0.25, 0.3) is 0 Å². The zero-order valence-electron chi connectivity index (χ0n) is 15.8. The van der Waals surface area contributed by atoms with Gasteiger partial charge < -0.3 is 26.6 Å². The van der Waals surface area contributed by atoms with Gasteiger partial charge in [-0.3, -0.25) is 4.79 Å². The van der Waals surface area contributed by atoms with E-state index in [4.69, 9.17) is 5.73 Å². The van der Waals surface area contributed by atoms with Crippen LogP contribution in [0.3, 0.4) is 0 Å². The average molecular weight is 369 g/mol. The fourth-order valence-corrected chi connectivity index (χ4v) is 2.91. The maximum absolute atomic E-state index is 11.6. The van der Waals surface area contributed by atoms with Crippen molar-refractivity contribution in [2.45, 2.75) is 13.8 Å². The summed E-state index contributed by atoms with van der Waals surface area (Å²) in [6.07, 6.45) is 0. The molecule has 1 aromatic carbocycles. The van der Waals surface area contributed by atoms with Gasteiger partial charge in [0.1, 0.15) is 0 Å². The molecule has 2 aromatic rings. The number of aromatic nitrogens is 2. The first-order valence-electron chi connectivity index (χ1n) is 9.27. The number of piperazine rings is 1. The van der Waals surface area contributed by atoms with Gasteiger partial charge in [-0.1, -0.05) is 13.8 Å². The molecule has 1 amide bonds. The number of anilines is 4. The molecule has 0 atom stereocenters. The lowest BCUT2D eigenvalue weighted by molar-refractivity contribution is 0.0995. The van der Waals surface area contributed by atoms with Gasteiger partial charge in [-0.15, -0.1) is 10.2 Å². The zero-order chi connectivity index (χ0) is 19.2. The highest BCUT2D eigenvalue weighted by molar-refractivity contribution is 5.96. The van der Waals surface area contributed by atoms with Crippen molar-refractivity contribution in [3.63, 3.8) is 0 Å². The van der Waals surface area contributed by atoms with E-state index >= 15 is 0 Å². The van der Waals surface area contributed by atoms with Gasteiger partial charge in [-0.05, 0) is 30.2 Å². The number of carbonyl (C=O) groups is 1. The zero-order valence-corrected chi connectivity index (χ0v) is 15.8. The maximum atomic E-state index is 11.6. The van der Waals surface area contributed by atoms with Gasteiger partial charge in [0.25, 0.3) is 5.91 Å². The molecule has 0 saturated carbocycles. The Morgan fingerprint density at radius 3 is 2.56 bits per heavy atom. The van der Waals surface area contributed by atoms with Crippen molar-refractivity contribution in [2.24, 2.45) is 11.7 Å². The standard InChI is InChI=1S/C19H27N7O/c1-13(2)12-22-16-11-17(24-25-18(16)19(20)27)23-14-3-5-15(6-4-14)26-9-7-21-8-10-26/h3-6,11,13,21H,7-10,12H2,1-2H3,(H2,20,27)(H2,22,23,24). The van der Waals surface area contributed by atoms with Gasteiger partial charge in [0, 0.05) is 50.2 Å². The highest BCUT2D eigenvalue weighted by Crippen LogP contribution is 2.23. The van der Waals surface area contributed by atoms with E-state index in [1.165, 1.54) is 5.69 Å². The second-order valence-corrected chi connectivity index (χ2v) is 7.04. The Kier molecular flexibility index (Phi) is 6.08. The third-order valence-corrected chi connectivity index (χ3v) is 4.35. The van der Waals surface area contributed by atoms with Crippen molar-refractivity contribution < 1.29 is 4.79 Å². The summed E-state index contributed by atoms with van der Waals surface area (Å²) < 4.78 is 0. The largest absolute Gasteiger partial charge is 0.383 e. The molecule has 8 heteroatoms. The van der Waals surface area contributed by atoms with Gasteiger partial charge in [0.2, 0.25) is 0 Å². The van der Waals surface area contributed by atoms with Crippen molar-refractivity contribution in [3.8, 4) is 0 Å². The van der Waals surface area contributed by atoms with Gasteiger partial charge in [-0.25, -0.2) is 0 Å². The molecule has 0 unspecified atom stereocenters. The van der Waals surface area contributed by atoms with Crippen LogP contribution in [0.15, 0.2) is 30.3 Å². The number of hydrogen-bond acceptors (Lipinski definition) is 7. The van der Waals surface area contributed by atoms with Gasteiger partial charge >= 0.3 is 0 Å². The van der Waals surface area contributed by atoms with Crippen molar-refractivity contribution in [3.05, 3.63) is 36.0 Å². The molecule has 27 heavy (non-hydrogen) atoms. The summed E-state index contributed by atoms with van der Waals surface area (Å²) in [5.41, 5.74) is 8.25. The number of nitrogens with two attached hydrogens (primary N) is 1. The van der Waals surface area contributed by atoms with Crippen LogP contribution in [0.5, 0.6) is 0 Å². The normalized spacial score (nSPS) is 14.3. The molecule has 0 bridgehead atoms. The van der Waals surface area contributed by atoms with Gasteiger partial charge in [0.15, 0.2) is 11.5 Å². The molecule has 1 fully saturated rings. The molecule has 1 aliphatic rings. The molecule has 2 heterocycles. The number of nitrogens with one attached hydrogen (secondary N) is 3. The second kappa shape index (κ2) is 8.68. The first-order chi connectivity index (χ1) is 13.0. The second-order valence-electron chi connectivity index (χ2n) is 7.04. The Balaban J connectivity index is 1.72. The third kappa shape index (κ3) is 5.07. The van der Waals surface area contributed by atoms with Crippen LogP contribution in [0.2, 0.25) is 0 Å². The number of carbonyl (C=O) groups excluding carboxylic acids is 1. The van der Waals surface area contributed by atoms with Crippen LogP contribution in [0.1, 0.15) is 24.3 Å². The van der Waals surface area contributed by atoms with Crippen molar-refractivity contribution >= 4 is 28.8 Å². The average Bonchev–Trinajstić information content (AvgIpc) is 2.67. The molecule has 1 aliphatic heterocycles. The fraction of sp³-hybridized carbons (Fsp3) is 0.421. The summed E-state index contributed by atoms with van der Waals surface area (Å²) >= 11 is 0. The molecule has 0 aliphatic carbocycles. The molecule has 5 N–H and O–H groups in total. The Morgan fingerprint density at radius 2 is 1.93 bits per heavy atom. The van der Waals surface area contributed by atoms with Crippen LogP contribution in [0, 0.1) is 5.92 Å². The molecule has 0 radical (unpaired) electrons. The first-order valence-corrected chi connectivity index (χ1v) is 9.27. The molecular weight excluding hydrogens is 342 g/mol. The minimum atomic E-state index is -0.597. The van der Waals surface area contributed by atoms with E-state index < -0.39 is 5.91 Å². The Hall–Kier alpha value is -2.87. The van der Waals surface area contributed by atoms with Crippen LogP contribution >= 0.6 is 0 Å². The minimum absolute atomic E-state index is 0.148. The van der Waals surface area contributed by atoms with Gasteiger partial charge in [0.05, 0.1) is 5.69 Å². The van der Waals surface area contributed by atoms with Crippen molar-refractivity contribution in [1.82, 2.24) is 15.5 Å². The number of hydrogen-bond donors (Lipinski definition) is 4. The summed E-state index contributed by atoms with van der Waals surface area (Å²) in [6.45, 7) is 8.93. The maximum Gasteiger partial charge on any atom is 0.271 e. The lowest BCUT2D eigenvalue weighted by atomic mass is 10.2. The SMILES string of the molecule is CC(C)CNc1cc(Nc2ccc(N3CCNCC3)cc2)nnc1C(N)=O. The molecule has 1 saturated heterocycles. The van der Waals surface area contributed by atoms with E-state index in [-0.39, 0.29) is 5.69 Å². The molecule has 1 aromatic heterocycles. The van der Waals surface area contributed by atoms with Crippen molar-refractivity contribution in [2.75, 3.05) is 48.3 Å². The molecular formula is C19H27N7O. The number of amides is 1. The van der Waals surface area contributed by atoms with Crippen LogP contribution in [-0.2, 0) is 0 Å². The lowest BCUT2D eigenvalue weighted by Crippen LogP contribution is -2.43. The Bertz CT molecular complexity index is 770. The van der Waals surface area contributed by atoms with E-state index in [0.29, 0.717) is 24.0 Å². The fourth-order valence-electron chi connectivity index (χ4n) is 2.91. The highest BCUT2D eigenvalue weighted by atomic mass is 16.1. The predicted molar refractivity (Wildman–Crippen MR) is 109 cm³/mol. The molecule has 0 spiro atoms. The Morgan fingerprint density at radius 1 is 1.22 bits per heavy atom. The number of rotatable bonds is 7. The number of benzene rings is 1. The van der Waals surface area contributed by atoms with Crippen LogP contribution in [-0.4, -0.2) is 48.8 Å². The van der Waals surface area contributed by atoms with Crippen molar-refractivity contribution in [1.29, 1.82) is 0 Å². The molecule has 8 nitrogen and oxygen atoms in total. The van der Waals surface area contributed by atoms with E-state index in [1.54, 1.807) is 6.07 Å². The number of primary amides is 1. The third-order valence-electron chi connectivity index (χ3n) is 4.35. The topological polar surface area (TPSA) is 108 Å². The first kappa shape index (κ1) is 18.9. The van der Waals surface area contributed by atoms with E-state index in [2.05, 4.69) is 57.0 Å². The highest BCUT2D eigenvalue weighted by Gasteiger charge is 2.13. The molecule has 3 rings (SSSR count). The summed E-state index contributed by atoms with van der Waals surface area (Å²) in [5, 5.41) is 17.9. The summed E-state index contributed by atoms with van der Waals surface area (Å²) in [7, 11) is 0.